The lowest BCUT2D eigenvalue weighted by Crippen LogP contribution is -1.88. The smallest absolute Gasteiger partial charge is 0.165 e. The van der Waals surface area contributed by atoms with Gasteiger partial charge in [-0.15, -0.1) is 0 Å². The van der Waals surface area contributed by atoms with Crippen molar-refractivity contribution in [1.82, 2.24) is 4.57 Å². The first-order chi connectivity index (χ1) is 4.61. The Labute approximate surface area is 58.9 Å². The number of carbonyl (C=O) groups excluding carboxylic acids is 1. The van der Waals surface area contributed by atoms with Gasteiger partial charge in [0.05, 0.1) is 5.56 Å². The third-order valence-corrected chi connectivity index (χ3v) is 1.31. The molecule has 0 spiro atoms. The molecule has 0 radical (unpaired) electrons. The van der Waals surface area contributed by atoms with E-state index in [9.17, 15) is 4.79 Å². The molecule has 0 amide bonds. The fraction of sp³-hybridized carbons (Fsp3) is 0.286. The van der Waals surface area contributed by atoms with Crippen LogP contribution in [0, 0.1) is 0 Å². The second-order valence-electron chi connectivity index (χ2n) is 2.28. The van der Waals surface area contributed by atoms with E-state index in [1.165, 1.54) is 13.1 Å². The molecule has 0 bridgehead atoms. The molecule has 1 aromatic rings. The molecule has 10 heavy (non-hydrogen) atoms. The van der Waals surface area contributed by atoms with Crippen molar-refractivity contribution in [3.05, 3.63) is 18.0 Å². The van der Waals surface area contributed by atoms with E-state index in [4.69, 9.17) is 5.11 Å². The number of ketones is 1. The number of aryl methyl sites for hydroxylation is 1. The number of Topliss-reactive ketones (excluding diaryl/α,β-unsaturated/α-hetero) is 1. The van der Waals surface area contributed by atoms with Gasteiger partial charge in [0.1, 0.15) is 5.75 Å². The fourth-order valence-corrected chi connectivity index (χ4v) is 0.841. The maximum Gasteiger partial charge on any atom is 0.165 e. The topological polar surface area (TPSA) is 42.2 Å². The van der Waals surface area contributed by atoms with Gasteiger partial charge >= 0.3 is 0 Å². The minimum atomic E-state index is -0.113. The van der Waals surface area contributed by atoms with Crippen LogP contribution in [0.1, 0.15) is 17.3 Å². The molecule has 0 aromatic carbocycles. The number of aromatic hydroxyl groups is 1. The molecule has 1 aromatic heterocycles. The number of carbonyl (C=O) groups is 1. The summed E-state index contributed by atoms with van der Waals surface area (Å²) >= 11 is 0. The summed E-state index contributed by atoms with van der Waals surface area (Å²) in [7, 11) is 1.76. The third-order valence-electron chi connectivity index (χ3n) is 1.31. The van der Waals surface area contributed by atoms with Crippen molar-refractivity contribution in [3.63, 3.8) is 0 Å². The van der Waals surface area contributed by atoms with E-state index in [0.717, 1.165) is 0 Å². The molecule has 0 aliphatic heterocycles. The zero-order chi connectivity index (χ0) is 7.72. The maximum absolute atomic E-state index is 10.7. The summed E-state index contributed by atoms with van der Waals surface area (Å²) in [4.78, 5) is 10.7. The number of nitrogens with zero attached hydrogens (tertiary/aromatic N) is 1. The molecule has 3 nitrogen and oxygen atoms in total. The summed E-state index contributed by atoms with van der Waals surface area (Å²) in [6.07, 6.45) is 3.09. The van der Waals surface area contributed by atoms with Gasteiger partial charge in [0.25, 0.3) is 0 Å². The summed E-state index contributed by atoms with van der Waals surface area (Å²) in [5.74, 6) is -0.0619. The summed E-state index contributed by atoms with van der Waals surface area (Å²) < 4.78 is 1.64. The summed E-state index contributed by atoms with van der Waals surface area (Å²) in [5, 5.41) is 9.06. The van der Waals surface area contributed by atoms with Crippen molar-refractivity contribution in [1.29, 1.82) is 0 Å². The van der Waals surface area contributed by atoms with E-state index in [1.807, 2.05) is 0 Å². The molecule has 1 N–H and O–H groups in total. The van der Waals surface area contributed by atoms with Crippen LogP contribution in [-0.2, 0) is 7.05 Å². The van der Waals surface area contributed by atoms with Crippen molar-refractivity contribution in [3.8, 4) is 5.75 Å². The highest BCUT2D eigenvalue weighted by Crippen LogP contribution is 2.16. The molecule has 0 aliphatic carbocycles. The van der Waals surface area contributed by atoms with Crippen LogP contribution in [0.4, 0.5) is 0 Å². The molecule has 0 saturated carbocycles. The van der Waals surface area contributed by atoms with Crippen LogP contribution in [0.2, 0.25) is 0 Å². The zero-order valence-corrected chi connectivity index (χ0v) is 5.96. The predicted molar refractivity (Wildman–Crippen MR) is 37.1 cm³/mol. The second-order valence-corrected chi connectivity index (χ2v) is 2.28. The Balaban J connectivity index is 3.15. The molecular weight excluding hydrogens is 130 g/mol. The summed E-state index contributed by atoms with van der Waals surface area (Å²) in [6, 6.07) is 0. The van der Waals surface area contributed by atoms with Crippen molar-refractivity contribution < 1.29 is 9.90 Å². The molecule has 0 aliphatic rings. The van der Waals surface area contributed by atoms with Crippen LogP contribution in [0.3, 0.4) is 0 Å². The normalized spacial score (nSPS) is 9.80. The maximum atomic E-state index is 10.7. The Morgan fingerprint density at radius 3 is 2.40 bits per heavy atom. The predicted octanol–water partition coefficient (Wildman–Crippen LogP) is 0.933. The monoisotopic (exact) mass is 139 g/mol. The van der Waals surface area contributed by atoms with Gasteiger partial charge in [0.15, 0.2) is 5.78 Å². The van der Waals surface area contributed by atoms with Gasteiger partial charge in [-0.1, -0.05) is 0 Å². The van der Waals surface area contributed by atoms with E-state index in [-0.39, 0.29) is 11.5 Å². The molecule has 0 unspecified atom stereocenters. The average molecular weight is 139 g/mol. The minimum Gasteiger partial charge on any atom is -0.506 e. The van der Waals surface area contributed by atoms with Crippen LogP contribution >= 0.6 is 0 Å². The SMILES string of the molecule is CC(=O)c1cn(C)cc1O. The Bertz CT molecular complexity index is 263. The van der Waals surface area contributed by atoms with Gasteiger partial charge in [0.2, 0.25) is 0 Å². The lowest BCUT2D eigenvalue weighted by molar-refractivity contribution is 0.101. The van der Waals surface area contributed by atoms with Crippen LogP contribution in [0.25, 0.3) is 0 Å². The van der Waals surface area contributed by atoms with E-state index >= 15 is 0 Å². The number of aromatic nitrogens is 1. The zero-order valence-electron chi connectivity index (χ0n) is 5.96. The lowest BCUT2D eigenvalue weighted by atomic mass is 10.2. The van der Waals surface area contributed by atoms with E-state index in [2.05, 4.69) is 0 Å². The largest absolute Gasteiger partial charge is 0.506 e. The van der Waals surface area contributed by atoms with Crippen molar-refractivity contribution >= 4 is 5.78 Å². The van der Waals surface area contributed by atoms with Crippen LogP contribution in [0.15, 0.2) is 12.4 Å². The summed E-state index contributed by atoms with van der Waals surface area (Å²) in [5.41, 5.74) is 0.377. The minimum absolute atomic E-state index is 0.0509. The highest BCUT2D eigenvalue weighted by atomic mass is 16.3. The number of hydrogen-bond acceptors (Lipinski definition) is 2. The molecule has 0 saturated heterocycles. The Morgan fingerprint density at radius 2 is 2.20 bits per heavy atom. The first-order valence-electron chi connectivity index (χ1n) is 2.97. The standard InChI is InChI=1S/C7H9NO2/c1-5(9)6-3-8(2)4-7(6)10/h3-4,10H,1-2H3. The van der Waals surface area contributed by atoms with Crippen LogP contribution < -0.4 is 0 Å². The van der Waals surface area contributed by atoms with Gasteiger partial charge < -0.3 is 9.67 Å². The van der Waals surface area contributed by atoms with Crippen LogP contribution in [0.5, 0.6) is 5.75 Å². The molecule has 1 heterocycles. The fourth-order valence-electron chi connectivity index (χ4n) is 0.841. The third kappa shape index (κ3) is 1.03. The lowest BCUT2D eigenvalue weighted by Gasteiger charge is -1.86. The molecule has 1 rings (SSSR count). The molecule has 3 heteroatoms. The number of hydrogen-bond donors (Lipinski definition) is 1. The highest BCUT2D eigenvalue weighted by Gasteiger charge is 2.06. The first kappa shape index (κ1) is 6.86. The van der Waals surface area contributed by atoms with Crippen LogP contribution in [-0.4, -0.2) is 15.5 Å². The van der Waals surface area contributed by atoms with E-state index in [0.29, 0.717) is 5.56 Å². The van der Waals surface area contributed by atoms with Gasteiger partial charge in [-0.25, -0.2) is 0 Å². The second kappa shape index (κ2) is 2.17. The first-order valence-corrected chi connectivity index (χ1v) is 2.97. The molecular formula is C7H9NO2. The quantitative estimate of drug-likeness (QED) is 0.588. The van der Waals surface area contributed by atoms with Crippen molar-refractivity contribution in [2.24, 2.45) is 7.05 Å². The Hall–Kier alpha value is -1.25. The average Bonchev–Trinajstić information content (AvgIpc) is 2.10. The number of rotatable bonds is 1. The van der Waals surface area contributed by atoms with Gasteiger partial charge in [0, 0.05) is 19.4 Å². The molecule has 0 atom stereocenters. The van der Waals surface area contributed by atoms with Gasteiger partial charge in [-0.2, -0.15) is 0 Å². The highest BCUT2D eigenvalue weighted by molar-refractivity contribution is 5.96. The van der Waals surface area contributed by atoms with Crippen molar-refractivity contribution in [2.75, 3.05) is 0 Å². The van der Waals surface area contributed by atoms with Gasteiger partial charge in [-0.05, 0) is 6.92 Å². The Morgan fingerprint density at radius 1 is 1.60 bits per heavy atom. The van der Waals surface area contributed by atoms with E-state index < -0.39 is 0 Å². The van der Waals surface area contributed by atoms with Crippen molar-refractivity contribution in [2.45, 2.75) is 6.92 Å². The molecule has 54 valence electrons. The Kier molecular flexibility index (Phi) is 1.49. The molecule has 0 fully saturated rings. The van der Waals surface area contributed by atoms with E-state index in [1.54, 1.807) is 17.8 Å². The summed E-state index contributed by atoms with van der Waals surface area (Å²) in [6.45, 7) is 1.43. The van der Waals surface area contributed by atoms with Gasteiger partial charge in [-0.3, -0.25) is 4.79 Å².